The van der Waals surface area contributed by atoms with Crippen LogP contribution < -0.4 is 10.6 Å². The van der Waals surface area contributed by atoms with Gasteiger partial charge in [0.15, 0.2) is 0 Å². The Labute approximate surface area is 103 Å². The number of amides is 1. The Morgan fingerprint density at radius 2 is 1.94 bits per heavy atom. The van der Waals surface area contributed by atoms with E-state index >= 15 is 0 Å². The van der Waals surface area contributed by atoms with E-state index in [2.05, 4.69) is 4.98 Å². The number of pyridine rings is 1. The van der Waals surface area contributed by atoms with Gasteiger partial charge in [0.2, 0.25) is 5.91 Å². The predicted molar refractivity (Wildman–Crippen MR) is 69.7 cm³/mol. The number of rotatable bonds is 3. The lowest BCUT2D eigenvalue weighted by molar-refractivity contribution is -0.129. The fourth-order valence-electron chi connectivity index (χ4n) is 1.36. The van der Waals surface area contributed by atoms with Gasteiger partial charge in [-0.1, -0.05) is 0 Å². The summed E-state index contributed by atoms with van der Waals surface area (Å²) in [5.74, 6) is -0.0157. The monoisotopic (exact) mass is 235 g/mol. The van der Waals surface area contributed by atoms with E-state index in [4.69, 9.17) is 5.73 Å². The van der Waals surface area contributed by atoms with Crippen LogP contribution in [0.4, 0.5) is 5.69 Å². The maximum absolute atomic E-state index is 12.4. The smallest absolute Gasteiger partial charge is 0.234 e. The number of hydrogen-bond acceptors (Lipinski definition) is 3. The van der Waals surface area contributed by atoms with E-state index in [1.54, 1.807) is 30.4 Å². The molecule has 0 saturated carbocycles. The highest BCUT2D eigenvalue weighted by atomic mass is 16.2. The van der Waals surface area contributed by atoms with E-state index < -0.39 is 11.0 Å². The van der Waals surface area contributed by atoms with Crippen LogP contribution in [0.25, 0.3) is 0 Å². The molecular formula is C13H21N3O. The summed E-state index contributed by atoms with van der Waals surface area (Å²) in [5, 5.41) is 0. The van der Waals surface area contributed by atoms with E-state index in [9.17, 15) is 4.79 Å². The molecule has 0 aliphatic carbocycles. The number of carbonyl (C=O) groups excluding carboxylic acids is 1. The standard InChI is InChI=1S/C13H21N3O/c1-12(2,13(3,4)14)11(17)16(5)10-7-6-8-15-9-10/h6-9H,14H2,1-5H3. The van der Waals surface area contributed by atoms with Crippen molar-refractivity contribution in [3.8, 4) is 0 Å². The minimum absolute atomic E-state index is 0.0157. The van der Waals surface area contributed by atoms with Crippen molar-refractivity contribution in [2.75, 3.05) is 11.9 Å². The van der Waals surface area contributed by atoms with Crippen LogP contribution in [-0.4, -0.2) is 23.5 Å². The molecular weight excluding hydrogens is 214 g/mol. The van der Waals surface area contributed by atoms with Gasteiger partial charge in [-0.2, -0.15) is 0 Å². The van der Waals surface area contributed by atoms with Crippen molar-refractivity contribution in [2.45, 2.75) is 33.2 Å². The molecule has 0 saturated heterocycles. The Kier molecular flexibility index (Phi) is 3.57. The Balaban J connectivity index is 2.99. The molecule has 0 spiro atoms. The SMILES string of the molecule is CN(C(=O)C(C)(C)C(C)(C)N)c1cccnc1. The molecule has 0 radical (unpaired) electrons. The molecule has 94 valence electrons. The topological polar surface area (TPSA) is 59.2 Å². The van der Waals surface area contributed by atoms with E-state index in [1.807, 2.05) is 33.8 Å². The van der Waals surface area contributed by atoms with Crippen LogP contribution in [0.2, 0.25) is 0 Å². The Morgan fingerprint density at radius 3 is 2.35 bits per heavy atom. The van der Waals surface area contributed by atoms with Crippen molar-refractivity contribution in [1.82, 2.24) is 4.98 Å². The zero-order chi connectivity index (χ0) is 13.3. The van der Waals surface area contributed by atoms with Gasteiger partial charge in [-0.25, -0.2) is 0 Å². The van der Waals surface area contributed by atoms with E-state index in [1.165, 1.54) is 0 Å². The van der Waals surface area contributed by atoms with Gasteiger partial charge >= 0.3 is 0 Å². The Bertz CT molecular complexity index is 393. The van der Waals surface area contributed by atoms with Crippen LogP contribution in [0.1, 0.15) is 27.7 Å². The lowest BCUT2D eigenvalue weighted by Gasteiger charge is -2.39. The summed E-state index contributed by atoms with van der Waals surface area (Å²) in [6, 6.07) is 3.66. The van der Waals surface area contributed by atoms with Crippen molar-refractivity contribution in [1.29, 1.82) is 0 Å². The second-order valence-corrected chi connectivity index (χ2v) is 5.42. The molecule has 17 heavy (non-hydrogen) atoms. The number of carbonyl (C=O) groups is 1. The van der Waals surface area contributed by atoms with Crippen LogP contribution in [0.3, 0.4) is 0 Å². The van der Waals surface area contributed by atoms with E-state index in [0.29, 0.717) is 0 Å². The molecule has 0 fully saturated rings. The quantitative estimate of drug-likeness (QED) is 0.869. The summed E-state index contributed by atoms with van der Waals surface area (Å²) in [6.07, 6.45) is 3.34. The van der Waals surface area contributed by atoms with Crippen molar-refractivity contribution in [3.63, 3.8) is 0 Å². The highest BCUT2D eigenvalue weighted by Crippen LogP contribution is 2.31. The summed E-state index contributed by atoms with van der Waals surface area (Å²) in [6.45, 7) is 7.45. The Morgan fingerprint density at radius 1 is 1.35 bits per heavy atom. The number of anilines is 1. The third-order valence-corrected chi connectivity index (χ3v) is 3.48. The van der Waals surface area contributed by atoms with Crippen molar-refractivity contribution >= 4 is 11.6 Å². The minimum atomic E-state index is -0.641. The first-order chi connectivity index (χ1) is 7.68. The molecule has 1 heterocycles. The third-order valence-electron chi connectivity index (χ3n) is 3.48. The van der Waals surface area contributed by atoms with Gasteiger partial charge in [-0.3, -0.25) is 9.78 Å². The molecule has 4 heteroatoms. The molecule has 2 N–H and O–H groups in total. The van der Waals surface area contributed by atoms with Crippen LogP contribution in [0.5, 0.6) is 0 Å². The maximum atomic E-state index is 12.4. The lowest BCUT2D eigenvalue weighted by atomic mass is 9.74. The van der Waals surface area contributed by atoms with Gasteiger partial charge < -0.3 is 10.6 Å². The minimum Gasteiger partial charge on any atom is -0.325 e. The molecule has 0 unspecified atom stereocenters. The summed E-state index contributed by atoms with van der Waals surface area (Å²) < 4.78 is 0. The van der Waals surface area contributed by atoms with Crippen molar-refractivity contribution in [2.24, 2.45) is 11.1 Å². The second-order valence-electron chi connectivity index (χ2n) is 5.42. The molecule has 0 atom stereocenters. The molecule has 0 aromatic carbocycles. The number of nitrogens with zero attached hydrogens (tertiary/aromatic N) is 2. The van der Waals surface area contributed by atoms with Crippen LogP contribution in [0.15, 0.2) is 24.5 Å². The third kappa shape index (κ3) is 2.64. The molecule has 4 nitrogen and oxygen atoms in total. The molecule has 0 aliphatic rings. The van der Waals surface area contributed by atoms with Crippen LogP contribution >= 0.6 is 0 Å². The first-order valence-corrected chi connectivity index (χ1v) is 5.65. The maximum Gasteiger partial charge on any atom is 0.234 e. The average molecular weight is 235 g/mol. The number of hydrogen-bond donors (Lipinski definition) is 1. The average Bonchev–Trinajstić information content (AvgIpc) is 2.26. The molecule has 0 aliphatic heterocycles. The zero-order valence-electron chi connectivity index (χ0n) is 11.2. The highest BCUT2D eigenvalue weighted by molar-refractivity contribution is 5.97. The number of aromatic nitrogens is 1. The van der Waals surface area contributed by atoms with E-state index in [-0.39, 0.29) is 5.91 Å². The van der Waals surface area contributed by atoms with Crippen LogP contribution in [-0.2, 0) is 4.79 Å². The summed E-state index contributed by atoms with van der Waals surface area (Å²) in [7, 11) is 1.74. The molecule has 1 aromatic heterocycles. The summed E-state index contributed by atoms with van der Waals surface area (Å²) in [4.78, 5) is 18.0. The normalized spacial score (nSPS) is 12.4. The summed E-state index contributed by atoms with van der Waals surface area (Å²) in [5.41, 5.74) is 5.62. The second kappa shape index (κ2) is 4.45. The molecule has 0 bridgehead atoms. The lowest BCUT2D eigenvalue weighted by Crippen LogP contribution is -2.56. The van der Waals surface area contributed by atoms with Gasteiger partial charge in [0.05, 0.1) is 17.3 Å². The first kappa shape index (κ1) is 13.6. The fourth-order valence-corrected chi connectivity index (χ4v) is 1.36. The zero-order valence-corrected chi connectivity index (χ0v) is 11.2. The largest absolute Gasteiger partial charge is 0.325 e. The van der Waals surface area contributed by atoms with Crippen molar-refractivity contribution in [3.05, 3.63) is 24.5 Å². The predicted octanol–water partition coefficient (Wildman–Crippen LogP) is 1.81. The van der Waals surface area contributed by atoms with E-state index in [0.717, 1.165) is 5.69 Å². The van der Waals surface area contributed by atoms with Gasteiger partial charge in [0, 0.05) is 18.8 Å². The van der Waals surface area contributed by atoms with Gasteiger partial charge in [-0.15, -0.1) is 0 Å². The van der Waals surface area contributed by atoms with Crippen molar-refractivity contribution < 1.29 is 4.79 Å². The van der Waals surface area contributed by atoms with Gasteiger partial charge in [0.1, 0.15) is 0 Å². The van der Waals surface area contributed by atoms with Crippen LogP contribution in [0, 0.1) is 5.41 Å². The summed E-state index contributed by atoms with van der Waals surface area (Å²) >= 11 is 0. The Hall–Kier alpha value is -1.42. The fraction of sp³-hybridized carbons (Fsp3) is 0.538. The number of nitrogens with two attached hydrogens (primary N) is 1. The van der Waals surface area contributed by atoms with Gasteiger partial charge in [-0.05, 0) is 39.8 Å². The highest BCUT2D eigenvalue weighted by Gasteiger charge is 2.42. The first-order valence-electron chi connectivity index (χ1n) is 5.65. The molecule has 1 rings (SSSR count). The molecule has 1 amide bonds. The van der Waals surface area contributed by atoms with Gasteiger partial charge in [0.25, 0.3) is 0 Å². The molecule has 1 aromatic rings.